The third-order valence-electron chi connectivity index (χ3n) is 3.32. The molecule has 0 saturated carbocycles. The van der Waals surface area contributed by atoms with Crippen LogP contribution in [-0.4, -0.2) is 10.9 Å². The Morgan fingerprint density at radius 3 is 2.25 bits per heavy atom. The summed E-state index contributed by atoms with van der Waals surface area (Å²) in [5.74, 6) is 0.678. The second kappa shape index (κ2) is 7.37. The second-order valence-electron chi connectivity index (χ2n) is 5.10. The SMILES string of the molecule is O=C(NCc1ccc(Oc2ccc(F)cc2)cc1)c1ccccn1. The first-order valence-corrected chi connectivity index (χ1v) is 7.42. The van der Waals surface area contributed by atoms with Gasteiger partial charge >= 0.3 is 0 Å². The van der Waals surface area contributed by atoms with Crippen LogP contribution in [0, 0.1) is 5.82 Å². The summed E-state index contributed by atoms with van der Waals surface area (Å²) < 4.78 is 18.5. The van der Waals surface area contributed by atoms with E-state index in [1.54, 1.807) is 48.7 Å². The summed E-state index contributed by atoms with van der Waals surface area (Å²) in [7, 11) is 0. The molecule has 0 spiro atoms. The summed E-state index contributed by atoms with van der Waals surface area (Å²) in [5.41, 5.74) is 1.32. The molecule has 120 valence electrons. The maximum atomic E-state index is 12.9. The first-order valence-electron chi connectivity index (χ1n) is 7.42. The van der Waals surface area contributed by atoms with Gasteiger partial charge in [-0.3, -0.25) is 9.78 Å². The summed E-state index contributed by atoms with van der Waals surface area (Å²) in [4.78, 5) is 15.9. The second-order valence-corrected chi connectivity index (χ2v) is 5.10. The fourth-order valence-electron chi connectivity index (χ4n) is 2.08. The van der Waals surface area contributed by atoms with Crippen molar-refractivity contribution in [1.82, 2.24) is 10.3 Å². The van der Waals surface area contributed by atoms with Crippen LogP contribution in [0.1, 0.15) is 16.1 Å². The number of nitrogens with one attached hydrogen (secondary N) is 1. The molecule has 3 rings (SSSR count). The third-order valence-corrected chi connectivity index (χ3v) is 3.32. The average Bonchev–Trinajstić information content (AvgIpc) is 2.63. The Morgan fingerprint density at radius 2 is 1.62 bits per heavy atom. The quantitative estimate of drug-likeness (QED) is 0.774. The maximum Gasteiger partial charge on any atom is 0.270 e. The number of hydrogen-bond donors (Lipinski definition) is 1. The number of halogens is 1. The van der Waals surface area contributed by atoms with Gasteiger partial charge in [0, 0.05) is 12.7 Å². The first kappa shape index (κ1) is 15.7. The van der Waals surface area contributed by atoms with Gasteiger partial charge in [0.1, 0.15) is 23.0 Å². The lowest BCUT2D eigenvalue weighted by Crippen LogP contribution is -2.23. The first-order chi connectivity index (χ1) is 11.7. The summed E-state index contributed by atoms with van der Waals surface area (Å²) in [5, 5.41) is 2.81. The molecule has 3 aromatic rings. The van der Waals surface area contributed by atoms with Gasteiger partial charge in [-0.1, -0.05) is 18.2 Å². The van der Waals surface area contributed by atoms with Crippen molar-refractivity contribution in [2.45, 2.75) is 6.54 Å². The molecule has 0 atom stereocenters. The summed E-state index contributed by atoms with van der Waals surface area (Å²) >= 11 is 0. The Bertz CT molecular complexity index is 803. The van der Waals surface area contributed by atoms with Crippen molar-refractivity contribution in [3.8, 4) is 11.5 Å². The van der Waals surface area contributed by atoms with Crippen LogP contribution in [0.25, 0.3) is 0 Å². The predicted molar refractivity (Wildman–Crippen MR) is 88.3 cm³/mol. The van der Waals surface area contributed by atoms with Crippen LogP contribution in [0.3, 0.4) is 0 Å². The predicted octanol–water partition coefficient (Wildman–Crippen LogP) is 3.94. The van der Waals surface area contributed by atoms with Crippen molar-refractivity contribution in [2.24, 2.45) is 0 Å². The van der Waals surface area contributed by atoms with Gasteiger partial charge in [-0.2, -0.15) is 0 Å². The number of benzene rings is 2. The van der Waals surface area contributed by atoms with E-state index >= 15 is 0 Å². The Morgan fingerprint density at radius 1 is 0.958 bits per heavy atom. The molecule has 0 aliphatic rings. The molecule has 0 unspecified atom stereocenters. The Kier molecular flexibility index (Phi) is 4.81. The van der Waals surface area contributed by atoms with Gasteiger partial charge in [0.2, 0.25) is 0 Å². The fourth-order valence-corrected chi connectivity index (χ4v) is 2.08. The fraction of sp³-hybridized carbons (Fsp3) is 0.0526. The van der Waals surface area contributed by atoms with Crippen LogP contribution in [0.5, 0.6) is 11.5 Å². The standard InChI is InChI=1S/C19H15FN2O2/c20-15-6-10-17(11-7-15)24-16-8-4-14(5-9-16)13-22-19(23)18-3-1-2-12-21-18/h1-12H,13H2,(H,22,23). The topological polar surface area (TPSA) is 51.2 Å². The molecule has 1 heterocycles. The molecule has 0 bridgehead atoms. The van der Waals surface area contributed by atoms with Gasteiger partial charge in [-0.15, -0.1) is 0 Å². The van der Waals surface area contributed by atoms with Gasteiger partial charge in [0.25, 0.3) is 5.91 Å². The van der Waals surface area contributed by atoms with E-state index in [1.807, 2.05) is 12.1 Å². The molecule has 1 amide bonds. The molecule has 0 aliphatic carbocycles. The van der Waals surface area contributed by atoms with Crippen LogP contribution in [0.2, 0.25) is 0 Å². The zero-order valence-corrected chi connectivity index (χ0v) is 12.8. The van der Waals surface area contributed by atoms with Crippen molar-refractivity contribution >= 4 is 5.91 Å². The summed E-state index contributed by atoms with van der Waals surface area (Å²) in [6.07, 6.45) is 1.58. The number of rotatable bonds is 5. The van der Waals surface area contributed by atoms with Crippen molar-refractivity contribution in [2.75, 3.05) is 0 Å². The minimum atomic E-state index is -0.304. The highest BCUT2D eigenvalue weighted by molar-refractivity contribution is 5.92. The van der Waals surface area contributed by atoms with Gasteiger partial charge in [0.05, 0.1) is 0 Å². The van der Waals surface area contributed by atoms with E-state index in [-0.39, 0.29) is 11.7 Å². The molecule has 1 aromatic heterocycles. The number of amides is 1. The molecule has 0 radical (unpaired) electrons. The van der Waals surface area contributed by atoms with Crippen molar-refractivity contribution < 1.29 is 13.9 Å². The van der Waals surface area contributed by atoms with Gasteiger partial charge < -0.3 is 10.1 Å². The number of ether oxygens (including phenoxy) is 1. The molecule has 0 saturated heterocycles. The van der Waals surface area contributed by atoms with E-state index in [4.69, 9.17) is 4.74 Å². The van der Waals surface area contributed by atoms with Crippen LogP contribution in [-0.2, 0) is 6.54 Å². The normalized spacial score (nSPS) is 10.2. The summed E-state index contributed by atoms with van der Waals surface area (Å²) in [6.45, 7) is 0.395. The minimum Gasteiger partial charge on any atom is -0.457 e. The van der Waals surface area contributed by atoms with E-state index in [1.165, 1.54) is 12.1 Å². The molecule has 24 heavy (non-hydrogen) atoms. The molecule has 0 aliphatic heterocycles. The van der Waals surface area contributed by atoms with Crippen LogP contribution >= 0.6 is 0 Å². The number of carbonyl (C=O) groups excluding carboxylic acids is 1. The zero-order valence-electron chi connectivity index (χ0n) is 12.8. The molecule has 2 aromatic carbocycles. The largest absolute Gasteiger partial charge is 0.457 e. The van der Waals surface area contributed by atoms with E-state index in [9.17, 15) is 9.18 Å². The average molecular weight is 322 g/mol. The highest BCUT2D eigenvalue weighted by Gasteiger charge is 2.05. The van der Waals surface area contributed by atoms with Crippen LogP contribution in [0.4, 0.5) is 4.39 Å². The Labute approximate surface area is 138 Å². The van der Waals surface area contributed by atoms with Gasteiger partial charge in [0.15, 0.2) is 0 Å². The minimum absolute atomic E-state index is 0.220. The van der Waals surface area contributed by atoms with E-state index in [0.29, 0.717) is 23.7 Å². The monoisotopic (exact) mass is 322 g/mol. The summed E-state index contributed by atoms with van der Waals surface area (Å²) in [6, 6.07) is 18.3. The van der Waals surface area contributed by atoms with E-state index in [2.05, 4.69) is 10.3 Å². The number of carbonyl (C=O) groups is 1. The molecule has 4 nitrogen and oxygen atoms in total. The van der Waals surface area contributed by atoms with Gasteiger partial charge in [-0.25, -0.2) is 4.39 Å². The number of hydrogen-bond acceptors (Lipinski definition) is 3. The lowest BCUT2D eigenvalue weighted by Gasteiger charge is -2.08. The molecule has 5 heteroatoms. The zero-order chi connectivity index (χ0) is 16.8. The van der Waals surface area contributed by atoms with Crippen molar-refractivity contribution in [1.29, 1.82) is 0 Å². The van der Waals surface area contributed by atoms with Crippen LogP contribution in [0.15, 0.2) is 72.9 Å². The molecule has 0 fully saturated rings. The van der Waals surface area contributed by atoms with Crippen LogP contribution < -0.4 is 10.1 Å². The number of aromatic nitrogens is 1. The van der Waals surface area contributed by atoms with Gasteiger partial charge in [-0.05, 0) is 54.1 Å². The van der Waals surface area contributed by atoms with E-state index in [0.717, 1.165) is 5.56 Å². The lowest BCUT2D eigenvalue weighted by atomic mass is 10.2. The molecular weight excluding hydrogens is 307 g/mol. The smallest absolute Gasteiger partial charge is 0.270 e. The molecular formula is C19H15FN2O2. The number of pyridine rings is 1. The number of nitrogens with zero attached hydrogens (tertiary/aromatic N) is 1. The lowest BCUT2D eigenvalue weighted by molar-refractivity contribution is 0.0946. The van der Waals surface area contributed by atoms with E-state index < -0.39 is 0 Å². The maximum absolute atomic E-state index is 12.9. The third kappa shape index (κ3) is 4.16. The van der Waals surface area contributed by atoms with Crippen molar-refractivity contribution in [3.05, 3.63) is 90.0 Å². The highest BCUT2D eigenvalue weighted by atomic mass is 19.1. The Hall–Kier alpha value is -3.21. The Balaban J connectivity index is 1.56. The van der Waals surface area contributed by atoms with Crippen molar-refractivity contribution in [3.63, 3.8) is 0 Å². The highest BCUT2D eigenvalue weighted by Crippen LogP contribution is 2.21. The molecule has 1 N–H and O–H groups in total.